The first-order valence-corrected chi connectivity index (χ1v) is 9.15. The van der Waals surface area contributed by atoms with Gasteiger partial charge in [-0.3, -0.25) is 9.59 Å². The Morgan fingerprint density at radius 2 is 1.92 bits per heavy atom. The van der Waals surface area contributed by atoms with E-state index in [0.717, 1.165) is 17.5 Å². The minimum Gasteiger partial charge on any atom is -0.393 e. The number of hydrogen-bond acceptors (Lipinski definition) is 3. The SMILES string of the molecule is CCC(C)C(=O)N1Cc2ccccc2CC1C(=O)N(C)CCC(C)O. The van der Waals surface area contributed by atoms with Gasteiger partial charge in [-0.2, -0.15) is 0 Å². The number of carbonyl (C=O) groups is 2. The van der Waals surface area contributed by atoms with Gasteiger partial charge in [-0.1, -0.05) is 38.1 Å². The minimum absolute atomic E-state index is 0.0410. The largest absolute Gasteiger partial charge is 0.393 e. The van der Waals surface area contributed by atoms with Crippen molar-refractivity contribution in [1.29, 1.82) is 0 Å². The third-order valence-corrected chi connectivity index (χ3v) is 5.11. The van der Waals surface area contributed by atoms with E-state index in [2.05, 4.69) is 0 Å². The summed E-state index contributed by atoms with van der Waals surface area (Å²) < 4.78 is 0. The van der Waals surface area contributed by atoms with Crippen LogP contribution in [0, 0.1) is 5.92 Å². The molecule has 2 amide bonds. The highest BCUT2D eigenvalue weighted by atomic mass is 16.3. The van der Waals surface area contributed by atoms with E-state index in [-0.39, 0.29) is 17.7 Å². The molecule has 0 bridgehead atoms. The zero-order chi connectivity index (χ0) is 18.6. The molecule has 3 unspecified atom stereocenters. The fraction of sp³-hybridized carbons (Fsp3) is 0.600. The Hall–Kier alpha value is -1.88. The third-order valence-electron chi connectivity index (χ3n) is 5.11. The van der Waals surface area contributed by atoms with Crippen molar-refractivity contribution < 1.29 is 14.7 Å². The van der Waals surface area contributed by atoms with E-state index < -0.39 is 12.1 Å². The van der Waals surface area contributed by atoms with Crippen LogP contribution in [0.25, 0.3) is 0 Å². The molecule has 5 heteroatoms. The Morgan fingerprint density at radius 3 is 2.52 bits per heavy atom. The summed E-state index contributed by atoms with van der Waals surface area (Å²) in [4.78, 5) is 29.2. The van der Waals surface area contributed by atoms with Crippen LogP contribution in [-0.4, -0.2) is 52.5 Å². The van der Waals surface area contributed by atoms with E-state index in [1.807, 2.05) is 38.1 Å². The smallest absolute Gasteiger partial charge is 0.245 e. The lowest BCUT2D eigenvalue weighted by molar-refractivity contribution is -0.148. The molecular weight excluding hydrogens is 316 g/mol. The highest BCUT2D eigenvalue weighted by molar-refractivity contribution is 5.89. The maximum Gasteiger partial charge on any atom is 0.245 e. The highest BCUT2D eigenvalue weighted by Gasteiger charge is 2.37. The van der Waals surface area contributed by atoms with Gasteiger partial charge in [0.05, 0.1) is 6.10 Å². The first-order valence-electron chi connectivity index (χ1n) is 9.15. The number of aliphatic hydroxyl groups excluding tert-OH is 1. The quantitative estimate of drug-likeness (QED) is 0.859. The summed E-state index contributed by atoms with van der Waals surface area (Å²) in [6, 6.07) is 7.56. The Morgan fingerprint density at radius 1 is 1.28 bits per heavy atom. The van der Waals surface area contributed by atoms with Gasteiger partial charge in [0, 0.05) is 32.5 Å². The lowest BCUT2D eigenvalue weighted by Crippen LogP contribution is -2.54. The molecule has 1 aromatic rings. The van der Waals surface area contributed by atoms with Crippen molar-refractivity contribution in [1.82, 2.24) is 9.80 Å². The number of hydrogen-bond donors (Lipinski definition) is 1. The van der Waals surface area contributed by atoms with Crippen LogP contribution < -0.4 is 0 Å². The maximum absolute atomic E-state index is 13.0. The van der Waals surface area contributed by atoms with Crippen LogP contribution in [0.1, 0.15) is 44.7 Å². The van der Waals surface area contributed by atoms with Gasteiger partial charge in [0.1, 0.15) is 6.04 Å². The molecule has 5 nitrogen and oxygen atoms in total. The van der Waals surface area contributed by atoms with Gasteiger partial charge >= 0.3 is 0 Å². The monoisotopic (exact) mass is 346 g/mol. The van der Waals surface area contributed by atoms with E-state index in [9.17, 15) is 14.7 Å². The normalized spacial score (nSPS) is 19.1. The van der Waals surface area contributed by atoms with Crippen molar-refractivity contribution in [2.24, 2.45) is 5.92 Å². The Bertz CT molecular complexity index is 615. The summed E-state index contributed by atoms with van der Waals surface area (Å²) in [5, 5.41) is 9.47. The molecular formula is C20H30N2O3. The van der Waals surface area contributed by atoms with Gasteiger partial charge in [0.15, 0.2) is 0 Å². The third kappa shape index (κ3) is 4.60. The summed E-state index contributed by atoms with van der Waals surface area (Å²) >= 11 is 0. The number of amides is 2. The van der Waals surface area contributed by atoms with Gasteiger partial charge in [0.2, 0.25) is 11.8 Å². The summed E-state index contributed by atoms with van der Waals surface area (Å²) in [6.07, 6.45) is 1.40. The molecule has 1 heterocycles. The van der Waals surface area contributed by atoms with Crippen LogP contribution in [0.4, 0.5) is 0 Å². The molecule has 0 fully saturated rings. The zero-order valence-electron chi connectivity index (χ0n) is 15.7. The predicted molar refractivity (Wildman–Crippen MR) is 97.9 cm³/mol. The van der Waals surface area contributed by atoms with Gasteiger partial charge in [0.25, 0.3) is 0 Å². The van der Waals surface area contributed by atoms with Gasteiger partial charge in [-0.05, 0) is 30.9 Å². The Labute approximate surface area is 150 Å². The topological polar surface area (TPSA) is 60.9 Å². The summed E-state index contributed by atoms with van der Waals surface area (Å²) in [5.74, 6) is -0.102. The summed E-state index contributed by atoms with van der Waals surface area (Å²) in [6.45, 7) is 6.60. The average molecular weight is 346 g/mol. The molecule has 3 atom stereocenters. The van der Waals surface area contributed by atoms with Crippen LogP contribution in [0.5, 0.6) is 0 Å². The Kier molecular flexibility index (Phi) is 6.59. The van der Waals surface area contributed by atoms with Crippen molar-refractivity contribution in [2.75, 3.05) is 13.6 Å². The van der Waals surface area contributed by atoms with E-state index in [0.29, 0.717) is 25.9 Å². The second-order valence-electron chi connectivity index (χ2n) is 7.16. The summed E-state index contributed by atoms with van der Waals surface area (Å²) in [5.41, 5.74) is 2.26. The van der Waals surface area contributed by atoms with Crippen molar-refractivity contribution in [3.63, 3.8) is 0 Å². The highest BCUT2D eigenvalue weighted by Crippen LogP contribution is 2.26. The standard InChI is InChI=1S/C20H30N2O3/c1-5-14(2)19(24)22-13-17-9-7-6-8-16(17)12-18(22)20(25)21(4)11-10-15(3)23/h6-9,14-15,18,23H,5,10-13H2,1-4H3. The molecule has 0 spiro atoms. The molecule has 0 aliphatic carbocycles. The second-order valence-corrected chi connectivity index (χ2v) is 7.16. The van der Waals surface area contributed by atoms with E-state index in [1.54, 1.807) is 23.8 Å². The lowest BCUT2D eigenvalue weighted by Gasteiger charge is -2.39. The number of carbonyl (C=O) groups excluding carboxylic acids is 2. The van der Waals surface area contributed by atoms with Crippen LogP contribution >= 0.6 is 0 Å². The molecule has 0 saturated heterocycles. The molecule has 1 aliphatic heterocycles. The molecule has 25 heavy (non-hydrogen) atoms. The van der Waals surface area contributed by atoms with E-state index in [4.69, 9.17) is 0 Å². The number of fused-ring (bicyclic) bond motifs is 1. The average Bonchev–Trinajstić information content (AvgIpc) is 2.62. The van der Waals surface area contributed by atoms with Gasteiger partial charge < -0.3 is 14.9 Å². The minimum atomic E-state index is -0.463. The molecule has 0 aromatic heterocycles. The number of rotatable bonds is 6. The first kappa shape index (κ1) is 19.4. The maximum atomic E-state index is 13.0. The van der Waals surface area contributed by atoms with Crippen molar-refractivity contribution in [3.8, 4) is 0 Å². The molecule has 1 aromatic carbocycles. The first-order chi connectivity index (χ1) is 11.8. The molecule has 1 N–H and O–H groups in total. The van der Waals surface area contributed by atoms with E-state index in [1.165, 1.54) is 0 Å². The zero-order valence-corrected chi connectivity index (χ0v) is 15.7. The van der Waals surface area contributed by atoms with E-state index >= 15 is 0 Å². The van der Waals surface area contributed by atoms with Crippen molar-refractivity contribution in [3.05, 3.63) is 35.4 Å². The van der Waals surface area contributed by atoms with Crippen LogP contribution in [0.15, 0.2) is 24.3 Å². The molecule has 2 rings (SSSR count). The molecule has 0 radical (unpaired) electrons. The number of nitrogens with zero attached hydrogens (tertiary/aromatic N) is 2. The lowest BCUT2D eigenvalue weighted by atomic mass is 9.91. The number of benzene rings is 1. The fourth-order valence-electron chi connectivity index (χ4n) is 3.18. The molecule has 0 saturated carbocycles. The molecule has 1 aliphatic rings. The van der Waals surface area contributed by atoms with Crippen LogP contribution in [0.3, 0.4) is 0 Å². The summed E-state index contributed by atoms with van der Waals surface area (Å²) in [7, 11) is 1.75. The van der Waals surface area contributed by atoms with Gasteiger partial charge in [-0.25, -0.2) is 0 Å². The number of aliphatic hydroxyl groups is 1. The second kappa shape index (κ2) is 8.48. The van der Waals surface area contributed by atoms with Crippen LogP contribution in [-0.2, 0) is 22.6 Å². The van der Waals surface area contributed by atoms with Gasteiger partial charge in [-0.15, -0.1) is 0 Å². The number of likely N-dealkylation sites (N-methyl/N-ethyl adjacent to an activating group) is 1. The predicted octanol–water partition coefficient (Wildman–Crippen LogP) is 2.22. The van der Waals surface area contributed by atoms with Crippen LogP contribution in [0.2, 0.25) is 0 Å². The molecule has 138 valence electrons. The van der Waals surface area contributed by atoms with Crippen molar-refractivity contribution in [2.45, 2.75) is 58.7 Å². The Balaban J connectivity index is 2.24. The fourth-order valence-corrected chi connectivity index (χ4v) is 3.18. The van der Waals surface area contributed by atoms with Crippen molar-refractivity contribution >= 4 is 11.8 Å².